The number of hydrogen-bond donors (Lipinski definition) is 0. The zero-order valence-electron chi connectivity index (χ0n) is 18.3. The standard InChI is InChI=1S/C20H38O4S.Na.H/c1-3-5-6-7-8-9-10-11-12-13-14-15-16-17-18-19-20(21)24-25(22,23)4-2;;/h11-12H,3-10,13-19H2,1-2H3;;/q;+1;-1/b12-11-;;. The molecule has 0 saturated heterocycles. The Balaban J connectivity index is -0.00000288. The summed E-state index contributed by atoms with van der Waals surface area (Å²) in [6.45, 7) is 3.71. The molecule has 0 aliphatic rings. The van der Waals surface area contributed by atoms with Gasteiger partial charge in [-0.15, -0.1) is 0 Å². The summed E-state index contributed by atoms with van der Waals surface area (Å²) in [5.74, 6) is -0.787. The number of carbonyl (C=O) groups is 1. The molecular formula is C20H39NaO4S. The van der Waals surface area contributed by atoms with Crippen LogP contribution in [0.1, 0.15) is 105 Å². The summed E-state index contributed by atoms with van der Waals surface area (Å²) in [6, 6.07) is 0. The fraction of sp³-hybridized carbons (Fsp3) is 0.850. The maximum absolute atomic E-state index is 11.3. The van der Waals surface area contributed by atoms with Crippen LogP contribution < -0.4 is 29.6 Å². The second kappa shape index (κ2) is 19.9. The molecule has 0 fully saturated rings. The van der Waals surface area contributed by atoms with Crippen LogP contribution >= 0.6 is 0 Å². The fourth-order valence-corrected chi connectivity index (χ4v) is 3.07. The van der Waals surface area contributed by atoms with Crippen molar-refractivity contribution in [2.75, 3.05) is 5.75 Å². The molecule has 0 amide bonds. The van der Waals surface area contributed by atoms with Gasteiger partial charge in [0.2, 0.25) is 0 Å². The first-order chi connectivity index (χ1) is 12.0. The minimum Gasteiger partial charge on any atom is -1.00 e. The molecule has 0 atom stereocenters. The third kappa shape index (κ3) is 20.5. The SMILES string of the molecule is CCCCCCCC/C=C\CCCCCCCC(=O)OS(=O)(=O)CC.[H-].[Na+]. The van der Waals surface area contributed by atoms with E-state index >= 15 is 0 Å². The first-order valence-corrected chi connectivity index (χ1v) is 11.7. The smallest absolute Gasteiger partial charge is 1.00 e. The van der Waals surface area contributed by atoms with E-state index in [2.05, 4.69) is 23.3 Å². The van der Waals surface area contributed by atoms with Crippen molar-refractivity contribution in [3.63, 3.8) is 0 Å². The summed E-state index contributed by atoms with van der Waals surface area (Å²) in [4.78, 5) is 11.3. The van der Waals surface area contributed by atoms with E-state index in [1.165, 1.54) is 58.3 Å². The van der Waals surface area contributed by atoms with E-state index < -0.39 is 16.1 Å². The minimum atomic E-state index is -3.65. The van der Waals surface area contributed by atoms with E-state index in [0.717, 1.165) is 25.7 Å². The monoisotopic (exact) mass is 398 g/mol. The minimum absolute atomic E-state index is 0. The molecule has 4 nitrogen and oxygen atoms in total. The molecule has 0 saturated carbocycles. The predicted molar refractivity (Wildman–Crippen MR) is 106 cm³/mol. The first-order valence-electron chi connectivity index (χ1n) is 10.1. The molecule has 0 aromatic rings. The van der Waals surface area contributed by atoms with Gasteiger partial charge in [-0.25, -0.2) is 0 Å². The van der Waals surface area contributed by atoms with Crippen LogP contribution in [0, 0.1) is 0 Å². The fourth-order valence-electron chi connectivity index (χ4n) is 2.58. The van der Waals surface area contributed by atoms with Crippen LogP contribution in [0.5, 0.6) is 0 Å². The zero-order valence-corrected chi connectivity index (χ0v) is 20.1. The van der Waals surface area contributed by atoms with Crippen LogP contribution in [0.3, 0.4) is 0 Å². The molecule has 0 bridgehead atoms. The Labute approximate surface area is 185 Å². The third-order valence-electron chi connectivity index (χ3n) is 4.22. The van der Waals surface area contributed by atoms with Gasteiger partial charge in [0.05, 0.1) is 5.75 Å². The van der Waals surface area contributed by atoms with Crippen LogP contribution in [0.2, 0.25) is 0 Å². The van der Waals surface area contributed by atoms with E-state index in [0.29, 0.717) is 6.42 Å². The normalized spacial score (nSPS) is 11.5. The van der Waals surface area contributed by atoms with Gasteiger partial charge in [-0.3, -0.25) is 4.79 Å². The van der Waals surface area contributed by atoms with Gasteiger partial charge in [-0.1, -0.05) is 70.4 Å². The molecule has 0 aliphatic heterocycles. The van der Waals surface area contributed by atoms with Crippen molar-refractivity contribution in [1.82, 2.24) is 0 Å². The molecule has 0 aromatic carbocycles. The third-order valence-corrected chi connectivity index (χ3v) is 5.36. The molecule has 0 radical (unpaired) electrons. The van der Waals surface area contributed by atoms with Crippen LogP contribution in [0.15, 0.2) is 12.2 Å². The number of carbonyl (C=O) groups excluding carboxylic acids is 1. The zero-order chi connectivity index (χ0) is 18.8. The van der Waals surface area contributed by atoms with Crippen LogP contribution in [0.4, 0.5) is 0 Å². The molecule has 26 heavy (non-hydrogen) atoms. The molecule has 150 valence electrons. The van der Waals surface area contributed by atoms with Crippen molar-refractivity contribution in [2.45, 2.75) is 104 Å². The Bertz CT molecular complexity index is 453. The number of allylic oxidation sites excluding steroid dienone is 2. The number of rotatable bonds is 17. The molecule has 6 heteroatoms. The van der Waals surface area contributed by atoms with Gasteiger partial charge in [0.1, 0.15) is 0 Å². The summed E-state index contributed by atoms with van der Waals surface area (Å²) in [5, 5.41) is 0. The summed E-state index contributed by atoms with van der Waals surface area (Å²) in [6.07, 6.45) is 20.3. The molecule has 0 aromatic heterocycles. The van der Waals surface area contributed by atoms with Gasteiger partial charge >= 0.3 is 45.6 Å². The van der Waals surface area contributed by atoms with E-state index in [-0.39, 0.29) is 43.2 Å². The van der Waals surface area contributed by atoms with Gasteiger partial charge < -0.3 is 5.61 Å². The number of hydrogen-bond acceptors (Lipinski definition) is 4. The van der Waals surface area contributed by atoms with Gasteiger partial charge in [0.15, 0.2) is 0 Å². The largest absolute Gasteiger partial charge is 1.00 e. The van der Waals surface area contributed by atoms with E-state index in [1.54, 1.807) is 0 Å². The molecule has 0 N–H and O–H groups in total. The summed E-state index contributed by atoms with van der Waals surface area (Å²) >= 11 is 0. The van der Waals surface area contributed by atoms with Crippen molar-refractivity contribution < 1.29 is 48.4 Å². The van der Waals surface area contributed by atoms with Gasteiger partial charge in [-0.2, -0.15) is 8.42 Å². The van der Waals surface area contributed by atoms with Crippen LogP contribution in [0.25, 0.3) is 0 Å². The maximum atomic E-state index is 11.3. The van der Waals surface area contributed by atoms with Gasteiger partial charge in [0, 0.05) is 6.42 Å². The average Bonchev–Trinajstić information content (AvgIpc) is 2.58. The second-order valence-corrected chi connectivity index (χ2v) is 8.50. The summed E-state index contributed by atoms with van der Waals surface area (Å²) < 4.78 is 26.7. The Hall–Kier alpha value is 0.160. The number of unbranched alkanes of at least 4 members (excludes halogenated alkanes) is 11. The average molecular weight is 399 g/mol. The first kappa shape index (κ1) is 28.4. The quantitative estimate of drug-likeness (QED) is 0.164. The summed E-state index contributed by atoms with van der Waals surface area (Å²) in [7, 11) is -3.65. The Morgan fingerprint density at radius 3 is 1.77 bits per heavy atom. The molecule has 0 unspecified atom stereocenters. The molecule has 0 heterocycles. The van der Waals surface area contributed by atoms with Crippen molar-refractivity contribution in [3.8, 4) is 0 Å². The molecule has 0 aliphatic carbocycles. The Kier molecular flexibility index (Phi) is 21.7. The van der Waals surface area contributed by atoms with Crippen molar-refractivity contribution >= 4 is 16.1 Å². The summed E-state index contributed by atoms with van der Waals surface area (Å²) in [5.41, 5.74) is 0. The van der Waals surface area contributed by atoms with Crippen molar-refractivity contribution in [2.24, 2.45) is 0 Å². The van der Waals surface area contributed by atoms with E-state index in [9.17, 15) is 13.2 Å². The Morgan fingerprint density at radius 2 is 1.27 bits per heavy atom. The van der Waals surface area contributed by atoms with Crippen molar-refractivity contribution in [3.05, 3.63) is 12.2 Å². The maximum Gasteiger partial charge on any atom is 1.00 e. The predicted octanol–water partition coefficient (Wildman–Crippen LogP) is 3.03. The molecule has 0 spiro atoms. The Morgan fingerprint density at radius 1 is 0.808 bits per heavy atom. The topological polar surface area (TPSA) is 60.4 Å². The van der Waals surface area contributed by atoms with Crippen molar-refractivity contribution in [1.29, 1.82) is 0 Å². The van der Waals surface area contributed by atoms with E-state index in [1.807, 2.05) is 0 Å². The van der Waals surface area contributed by atoms with Gasteiger partial charge in [0.25, 0.3) is 0 Å². The van der Waals surface area contributed by atoms with Crippen LogP contribution in [-0.2, 0) is 19.1 Å². The van der Waals surface area contributed by atoms with Crippen LogP contribution in [-0.4, -0.2) is 20.1 Å². The van der Waals surface area contributed by atoms with E-state index in [4.69, 9.17) is 0 Å². The molecular weight excluding hydrogens is 359 g/mol. The molecule has 0 rings (SSSR count). The van der Waals surface area contributed by atoms with Gasteiger partial charge in [-0.05, 0) is 39.0 Å². The second-order valence-electron chi connectivity index (χ2n) is 6.64.